The van der Waals surface area contributed by atoms with E-state index in [0.717, 1.165) is 30.9 Å². The molecule has 1 aromatic carbocycles. The first-order valence-electron chi connectivity index (χ1n) is 9.10. The van der Waals surface area contributed by atoms with Gasteiger partial charge >= 0.3 is 0 Å². The lowest BCUT2D eigenvalue weighted by Crippen LogP contribution is -2.38. The predicted octanol–water partition coefficient (Wildman–Crippen LogP) is 2.64. The zero-order valence-electron chi connectivity index (χ0n) is 15.5. The highest BCUT2D eigenvalue weighted by Crippen LogP contribution is 2.30. The molecular formula is C18H26N4O3S. The van der Waals surface area contributed by atoms with Crippen molar-refractivity contribution in [3.05, 3.63) is 35.4 Å². The van der Waals surface area contributed by atoms with Crippen LogP contribution in [0.1, 0.15) is 49.8 Å². The van der Waals surface area contributed by atoms with Gasteiger partial charge in [-0.05, 0) is 50.5 Å². The number of aromatic amines is 1. The lowest BCUT2D eigenvalue weighted by Gasteiger charge is -2.30. The van der Waals surface area contributed by atoms with Crippen LogP contribution in [0.3, 0.4) is 0 Å². The van der Waals surface area contributed by atoms with Gasteiger partial charge in [-0.3, -0.25) is 5.10 Å². The van der Waals surface area contributed by atoms with Gasteiger partial charge in [0.25, 0.3) is 0 Å². The number of rotatable bonds is 6. The van der Waals surface area contributed by atoms with Crippen LogP contribution in [0.2, 0.25) is 0 Å². The molecule has 0 radical (unpaired) electrons. The number of benzene rings is 1. The smallest absolute Gasteiger partial charge is 0.243 e. The van der Waals surface area contributed by atoms with Crippen molar-refractivity contribution >= 4 is 10.0 Å². The van der Waals surface area contributed by atoms with Crippen LogP contribution in [0.15, 0.2) is 23.1 Å². The summed E-state index contributed by atoms with van der Waals surface area (Å²) >= 11 is 0. The zero-order chi connectivity index (χ0) is 18.7. The molecule has 0 saturated carbocycles. The number of hydrogen-bond acceptors (Lipinski definition) is 5. The maximum Gasteiger partial charge on any atom is 0.243 e. The number of hydrogen-bond donors (Lipinski definition) is 1. The molecule has 26 heavy (non-hydrogen) atoms. The van der Waals surface area contributed by atoms with E-state index in [9.17, 15) is 8.42 Å². The summed E-state index contributed by atoms with van der Waals surface area (Å²) in [6.07, 6.45) is 2.28. The third-order valence-corrected chi connectivity index (χ3v) is 6.84. The first kappa shape index (κ1) is 18.8. The van der Waals surface area contributed by atoms with Crippen LogP contribution in [0.25, 0.3) is 0 Å². The van der Waals surface area contributed by atoms with Crippen LogP contribution in [-0.2, 0) is 16.4 Å². The van der Waals surface area contributed by atoms with Gasteiger partial charge in [-0.2, -0.15) is 9.40 Å². The number of aryl methyl sites for hydroxylation is 2. The summed E-state index contributed by atoms with van der Waals surface area (Å²) in [4.78, 5) is 4.84. The number of H-pyrrole nitrogens is 1. The van der Waals surface area contributed by atoms with E-state index in [1.54, 1.807) is 22.5 Å². The van der Waals surface area contributed by atoms with Crippen molar-refractivity contribution in [2.24, 2.45) is 0 Å². The van der Waals surface area contributed by atoms with Crippen molar-refractivity contribution in [1.82, 2.24) is 19.5 Å². The van der Waals surface area contributed by atoms with Crippen LogP contribution < -0.4 is 4.74 Å². The first-order chi connectivity index (χ1) is 12.5. The Morgan fingerprint density at radius 1 is 1.27 bits per heavy atom. The molecular weight excluding hydrogens is 352 g/mol. The van der Waals surface area contributed by atoms with E-state index in [4.69, 9.17) is 4.74 Å². The Bertz CT molecular complexity index is 855. The van der Waals surface area contributed by atoms with Gasteiger partial charge in [0, 0.05) is 25.4 Å². The third-order valence-electron chi connectivity index (χ3n) is 4.78. The fourth-order valence-corrected chi connectivity index (χ4v) is 4.99. The van der Waals surface area contributed by atoms with Gasteiger partial charge in [-0.1, -0.05) is 6.92 Å². The molecule has 2 aromatic rings. The Morgan fingerprint density at radius 2 is 2.00 bits per heavy atom. The normalized spacial score (nSPS) is 16.7. The number of aromatic nitrogens is 3. The summed E-state index contributed by atoms with van der Waals surface area (Å²) in [5, 5.41) is 7.22. The van der Waals surface area contributed by atoms with Gasteiger partial charge in [-0.15, -0.1) is 0 Å². The highest BCUT2D eigenvalue weighted by atomic mass is 32.2. The first-order valence-corrected chi connectivity index (χ1v) is 10.5. The fourth-order valence-electron chi connectivity index (χ4n) is 3.31. The van der Waals surface area contributed by atoms with Crippen LogP contribution >= 0.6 is 0 Å². The van der Waals surface area contributed by atoms with Gasteiger partial charge in [0.05, 0.1) is 11.5 Å². The molecule has 0 aliphatic carbocycles. The van der Waals surface area contributed by atoms with Gasteiger partial charge in [0.1, 0.15) is 11.6 Å². The average molecular weight is 378 g/mol. The van der Waals surface area contributed by atoms with Gasteiger partial charge in [-0.25, -0.2) is 13.4 Å². The molecule has 1 saturated heterocycles. The van der Waals surface area contributed by atoms with Crippen molar-refractivity contribution in [2.75, 3.05) is 19.7 Å². The fraction of sp³-hybridized carbons (Fsp3) is 0.556. The van der Waals surface area contributed by atoms with E-state index in [1.807, 2.05) is 20.8 Å². The molecule has 142 valence electrons. The summed E-state index contributed by atoms with van der Waals surface area (Å²) in [7, 11) is -3.50. The van der Waals surface area contributed by atoms with E-state index in [-0.39, 0.29) is 5.92 Å². The van der Waals surface area contributed by atoms with Gasteiger partial charge in [0.2, 0.25) is 10.0 Å². The molecule has 0 amide bonds. The SMILES string of the molecule is CCOc1ccc(S(=O)(=O)N2CCC(c3n[nH]c(CC)n3)CC2)c(C)c1. The van der Waals surface area contributed by atoms with E-state index in [2.05, 4.69) is 15.2 Å². The largest absolute Gasteiger partial charge is 0.494 e. The molecule has 1 aromatic heterocycles. The summed E-state index contributed by atoms with van der Waals surface area (Å²) in [6, 6.07) is 5.14. The summed E-state index contributed by atoms with van der Waals surface area (Å²) in [5.74, 6) is 2.58. The van der Waals surface area contributed by atoms with Crippen LogP contribution in [0, 0.1) is 6.92 Å². The Morgan fingerprint density at radius 3 is 2.58 bits per heavy atom. The van der Waals surface area contributed by atoms with Crippen molar-refractivity contribution in [1.29, 1.82) is 0 Å². The van der Waals surface area contributed by atoms with Crippen molar-refractivity contribution in [3.8, 4) is 5.75 Å². The number of piperidine rings is 1. The lowest BCUT2D eigenvalue weighted by molar-refractivity contribution is 0.313. The van der Waals surface area contributed by atoms with E-state index < -0.39 is 10.0 Å². The summed E-state index contributed by atoms with van der Waals surface area (Å²) in [6.45, 7) is 7.26. The minimum absolute atomic E-state index is 0.208. The van der Waals surface area contributed by atoms with Crippen LogP contribution in [0.5, 0.6) is 5.75 Å². The topological polar surface area (TPSA) is 88.2 Å². The molecule has 8 heteroatoms. The molecule has 1 fully saturated rings. The Balaban J connectivity index is 1.71. The second kappa shape index (κ2) is 7.75. The molecule has 1 aliphatic rings. The molecule has 0 spiro atoms. The Hall–Kier alpha value is -1.93. The zero-order valence-corrected chi connectivity index (χ0v) is 16.3. The highest BCUT2D eigenvalue weighted by Gasteiger charge is 2.32. The molecule has 2 heterocycles. The van der Waals surface area contributed by atoms with Crippen LogP contribution in [0.4, 0.5) is 0 Å². The molecule has 0 atom stereocenters. The quantitative estimate of drug-likeness (QED) is 0.835. The number of ether oxygens (including phenoxy) is 1. The number of sulfonamides is 1. The standard InChI is InChI=1S/C18H26N4O3S/c1-4-17-19-18(21-20-17)14-8-10-22(11-9-14)26(23,24)16-7-6-15(25-5-2)12-13(16)3/h6-7,12,14H,4-5,8-11H2,1-3H3,(H,19,20,21). The highest BCUT2D eigenvalue weighted by molar-refractivity contribution is 7.89. The average Bonchev–Trinajstić information content (AvgIpc) is 3.11. The van der Waals surface area contributed by atoms with Gasteiger partial charge in [0.15, 0.2) is 5.82 Å². The molecule has 3 rings (SSSR count). The van der Waals surface area contributed by atoms with Crippen LogP contribution in [-0.4, -0.2) is 47.6 Å². The molecule has 1 N–H and O–H groups in total. The van der Waals surface area contributed by atoms with Crippen molar-refractivity contribution < 1.29 is 13.2 Å². The summed E-state index contributed by atoms with van der Waals surface area (Å²) < 4.78 is 33.1. The van der Waals surface area contributed by atoms with E-state index in [1.165, 1.54) is 0 Å². The Labute approximate surface area is 154 Å². The predicted molar refractivity (Wildman–Crippen MR) is 98.8 cm³/mol. The lowest BCUT2D eigenvalue weighted by atomic mass is 9.97. The Kier molecular flexibility index (Phi) is 5.62. The van der Waals surface area contributed by atoms with Crippen molar-refractivity contribution in [2.45, 2.75) is 50.8 Å². The minimum Gasteiger partial charge on any atom is -0.494 e. The second-order valence-corrected chi connectivity index (χ2v) is 8.44. The van der Waals surface area contributed by atoms with E-state index in [0.29, 0.717) is 35.9 Å². The number of nitrogens with zero attached hydrogens (tertiary/aromatic N) is 3. The minimum atomic E-state index is -3.50. The maximum absolute atomic E-state index is 13.0. The number of nitrogens with one attached hydrogen (secondary N) is 1. The van der Waals surface area contributed by atoms with E-state index >= 15 is 0 Å². The monoisotopic (exact) mass is 378 g/mol. The molecule has 7 nitrogen and oxygen atoms in total. The van der Waals surface area contributed by atoms with Gasteiger partial charge < -0.3 is 4.74 Å². The molecule has 1 aliphatic heterocycles. The molecule has 0 bridgehead atoms. The molecule has 0 unspecified atom stereocenters. The second-order valence-electron chi connectivity index (χ2n) is 6.53. The third kappa shape index (κ3) is 3.76. The van der Waals surface area contributed by atoms with Crippen molar-refractivity contribution in [3.63, 3.8) is 0 Å². The summed E-state index contributed by atoms with van der Waals surface area (Å²) in [5.41, 5.74) is 0.708. The maximum atomic E-state index is 13.0.